The average molecular weight is 377 g/mol. The van der Waals surface area contributed by atoms with Crippen LogP contribution in [0.15, 0.2) is 18.2 Å². The highest BCUT2D eigenvalue weighted by Crippen LogP contribution is 2.26. The van der Waals surface area contributed by atoms with Gasteiger partial charge in [0.25, 0.3) is 0 Å². The Labute approximate surface area is 166 Å². The second-order valence-electron chi connectivity index (χ2n) is 7.70. The molecule has 0 saturated heterocycles. The van der Waals surface area contributed by atoms with Gasteiger partial charge in [-0.2, -0.15) is 0 Å². The molecule has 0 fully saturated rings. The van der Waals surface area contributed by atoms with Crippen molar-refractivity contribution < 1.29 is 14.6 Å². The molecule has 1 aromatic carbocycles. The quantitative estimate of drug-likeness (QED) is 0.243. The van der Waals surface area contributed by atoms with Crippen molar-refractivity contribution >= 4 is 5.78 Å². The summed E-state index contributed by atoms with van der Waals surface area (Å²) in [5.74, 6) is 1.27. The monoisotopic (exact) mass is 376 g/mol. The van der Waals surface area contributed by atoms with E-state index in [9.17, 15) is 9.90 Å². The minimum atomic E-state index is 0.0296. The van der Waals surface area contributed by atoms with Gasteiger partial charge in [-0.25, -0.2) is 0 Å². The van der Waals surface area contributed by atoms with Crippen LogP contribution < -0.4 is 4.74 Å². The van der Waals surface area contributed by atoms with Crippen molar-refractivity contribution in [2.45, 2.75) is 97.8 Å². The second-order valence-corrected chi connectivity index (χ2v) is 7.70. The fourth-order valence-corrected chi connectivity index (χ4v) is 3.33. The first kappa shape index (κ1) is 23.5. The van der Waals surface area contributed by atoms with Crippen LogP contribution in [-0.2, 0) is 0 Å². The van der Waals surface area contributed by atoms with Gasteiger partial charge in [0.2, 0.25) is 0 Å². The Balaban J connectivity index is 2.39. The predicted octanol–water partition coefficient (Wildman–Crippen LogP) is 7.31. The number of hydrogen-bond donors (Lipinski definition) is 1. The van der Waals surface area contributed by atoms with Crippen LogP contribution in [0, 0.1) is 5.92 Å². The van der Waals surface area contributed by atoms with Crippen molar-refractivity contribution in [3.05, 3.63) is 23.8 Å². The van der Waals surface area contributed by atoms with Crippen LogP contribution in [-0.4, -0.2) is 17.5 Å². The molecule has 0 bridgehead atoms. The van der Waals surface area contributed by atoms with Gasteiger partial charge in [-0.1, -0.05) is 78.6 Å². The Hall–Kier alpha value is -1.51. The second kappa shape index (κ2) is 14.5. The highest BCUT2D eigenvalue weighted by atomic mass is 16.5. The molecule has 0 amide bonds. The molecule has 0 radical (unpaired) electrons. The summed E-state index contributed by atoms with van der Waals surface area (Å²) in [7, 11) is 0. The molecular weight excluding hydrogens is 336 g/mol. The molecule has 0 heterocycles. The van der Waals surface area contributed by atoms with E-state index in [4.69, 9.17) is 4.74 Å². The normalized spacial score (nSPS) is 12.1. The lowest BCUT2D eigenvalue weighted by Crippen LogP contribution is -2.11. The molecule has 1 atom stereocenters. The molecule has 0 aliphatic rings. The first-order valence-electron chi connectivity index (χ1n) is 11.1. The van der Waals surface area contributed by atoms with Crippen molar-refractivity contribution in [2.24, 2.45) is 5.92 Å². The van der Waals surface area contributed by atoms with E-state index >= 15 is 0 Å². The lowest BCUT2D eigenvalue weighted by atomic mass is 10.0. The van der Waals surface area contributed by atoms with Gasteiger partial charge in [0.1, 0.15) is 11.5 Å². The van der Waals surface area contributed by atoms with Crippen LogP contribution in [0.2, 0.25) is 0 Å². The lowest BCUT2D eigenvalue weighted by molar-refractivity contribution is 0.0976. The average Bonchev–Trinajstić information content (AvgIpc) is 2.67. The van der Waals surface area contributed by atoms with Crippen molar-refractivity contribution in [3.63, 3.8) is 0 Å². The van der Waals surface area contributed by atoms with Crippen molar-refractivity contribution in [3.8, 4) is 11.5 Å². The van der Waals surface area contributed by atoms with Crippen LogP contribution >= 0.6 is 0 Å². The molecule has 0 saturated carbocycles. The van der Waals surface area contributed by atoms with Crippen LogP contribution in [0.1, 0.15) is 108 Å². The topological polar surface area (TPSA) is 46.5 Å². The molecule has 27 heavy (non-hydrogen) atoms. The van der Waals surface area contributed by atoms with Gasteiger partial charge in [-0.05, 0) is 30.9 Å². The first-order chi connectivity index (χ1) is 13.1. The third kappa shape index (κ3) is 9.83. The molecule has 0 aromatic heterocycles. The Morgan fingerprint density at radius 3 is 2.26 bits per heavy atom. The summed E-state index contributed by atoms with van der Waals surface area (Å²) in [6.07, 6.45) is 13.5. The number of ketones is 1. The third-order valence-electron chi connectivity index (χ3n) is 5.31. The Morgan fingerprint density at radius 1 is 0.963 bits per heavy atom. The molecule has 1 N–H and O–H groups in total. The SMILES string of the molecule is CCCCCCCCCC(=O)c1ccc(OCC(CC)CCCC)cc1O. The third-order valence-corrected chi connectivity index (χ3v) is 5.31. The number of benzene rings is 1. The van der Waals surface area contributed by atoms with Crippen LogP contribution in [0.25, 0.3) is 0 Å². The van der Waals surface area contributed by atoms with E-state index in [2.05, 4.69) is 20.8 Å². The Kier molecular flexibility index (Phi) is 12.7. The zero-order chi connectivity index (χ0) is 19.9. The van der Waals surface area contributed by atoms with Gasteiger partial charge in [-0.3, -0.25) is 4.79 Å². The van der Waals surface area contributed by atoms with E-state index in [-0.39, 0.29) is 11.5 Å². The summed E-state index contributed by atoms with van der Waals surface area (Å²) < 4.78 is 5.85. The zero-order valence-electron chi connectivity index (χ0n) is 17.8. The standard InChI is InChI=1S/C24H40O3/c1-4-7-9-10-11-12-13-15-23(25)22-17-16-21(18-24(22)26)27-19-20(6-3)14-8-5-2/h16-18,20,26H,4-15,19H2,1-3H3. The highest BCUT2D eigenvalue weighted by Gasteiger charge is 2.13. The molecule has 1 aromatic rings. The van der Waals surface area contributed by atoms with E-state index in [0.717, 1.165) is 19.3 Å². The molecule has 0 spiro atoms. The summed E-state index contributed by atoms with van der Waals surface area (Å²) in [4.78, 5) is 12.3. The number of carbonyl (C=O) groups is 1. The van der Waals surface area contributed by atoms with Crippen LogP contribution in [0.4, 0.5) is 0 Å². The first-order valence-corrected chi connectivity index (χ1v) is 11.1. The van der Waals surface area contributed by atoms with Crippen molar-refractivity contribution in [1.29, 1.82) is 0 Å². The summed E-state index contributed by atoms with van der Waals surface area (Å²) in [5.41, 5.74) is 0.423. The maximum Gasteiger partial charge on any atom is 0.166 e. The maximum absolute atomic E-state index is 12.3. The number of unbranched alkanes of at least 4 members (excludes halogenated alkanes) is 7. The van der Waals surface area contributed by atoms with Gasteiger partial charge in [-0.15, -0.1) is 0 Å². The van der Waals surface area contributed by atoms with Crippen molar-refractivity contribution in [1.82, 2.24) is 0 Å². The zero-order valence-corrected chi connectivity index (χ0v) is 17.8. The number of Topliss-reactive ketones (excluding diaryl/α,β-unsaturated/α-hetero) is 1. The Morgan fingerprint density at radius 2 is 1.63 bits per heavy atom. The summed E-state index contributed by atoms with van der Waals surface area (Å²) >= 11 is 0. The van der Waals surface area contributed by atoms with Gasteiger partial charge < -0.3 is 9.84 Å². The smallest absolute Gasteiger partial charge is 0.166 e. The van der Waals surface area contributed by atoms with E-state index in [1.165, 1.54) is 51.4 Å². The van der Waals surface area contributed by atoms with E-state index in [1.54, 1.807) is 12.1 Å². The fraction of sp³-hybridized carbons (Fsp3) is 0.708. The number of carbonyl (C=O) groups excluding carboxylic acids is 1. The van der Waals surface area contributed by atoms with E-state index in [0.29, 0.717) is 30.3 Å². The molecule has 154 valence electrons. The number of phenols is 1. The largest absolute Gasteiger partial charge is 0.507 e. The predicted molar refractivity (Wildman–Crippen MR) is 114 cm³/mol. The lowest BCUT2D eigenvalue weighted by Gasteiger charge is -2.16. The fourth-order valence-electron chi connectivity index (χ4n) is 3.33. The van der Waals surface area contributed by atoms with Crippen LogP contribution in [0.3, 0.4) is 0 Å². The molecule has 3 nitrogen and oxygen atoms in total. The molecule has 0 aliphatic carbocycles. The molecular formula is C24H40O3. The van der Waals surface area contributed by atoms with Crippen molar-refractivity contribution in [2.75, 3.05) is 6.61 Å². The van der Waals surface area contributed by atoms with E-state index in [1.807, 2.05) is 6.07 Å². The van der Waals surface area contributed by atoms with Gasteiger partial charge >= 0.3 is 0 Å². The molecule has 3 heteroatoms. The number of aromatic hydroxyl groups is 1. The molecule has 0 aliphatic heterocycles. The van der Waals surface area contributed by atoms with Gasteiger partial charge in [0, 0.05) is 12.5 Å². The maximum atomic E-state index is 12.3. The molecule has 1 rings (SSSR count). The number of ether oxygens (including phenoxy) is 1. The number of hydrogen-bond acceptors (Lipinski definition) is 3. The molecule has 1 unspecified atom stereocenters. The number of phenolic OH excluding ortho intramolecular Hbond substituents is 1. The minimum absolute atomic E-state index is 0.0296. The Bertz CT molecular complexity index is 524. The number of rotatable bonds is 16. The summed E-state index contributed by atoms with van der Waals surface area (Å²) in [6.45, 7) is 7.28. The van der Waals surface area contributed by atoms with Crippen LogP contribution in [0.5, 0.6) is 11.5 Å². The highest BCUT2D eigenvalue weighted by molar-refractivity contribution is 5.98. The minimum Gasteiger partial charge on any atom is -0.507 e. The summed E-state index contributed by atoms with van der Waals surface area (Å²) in [5, 5.41) is 10.2. The summed E-state index contributed by atoms with van der Waals surface area (Å²) in [6, 6.07) is 5.11. The van der Waals surface area contributed by atoms with E-state index < -0.39 is 0 Å². The van der Waals surface area contributed by atoms with Gasteiger partial charge in [0.15, 0.2) is 5.78 Å². The van der Waals surface area contributed by atoms with Gasteiger partial charge in [0.05, 0.1) is 12.2 Å².